The topological polar surface area (TPSA) is 82.5 Å². The summed E-state index contributed by atoms with van der Waals surface area (Å²) in [6.45, 7) is 6.05. The van der Waals surface area contributed by atoms with E-state index < -0.39 is 0 Å². The Kier molecular flexibility index (Phi) is 3.50. The van der Waals surface area contributed by atoms with Gasteiger partial charge in [-0.1, -0.05) is 0 Å². The number of amides is 1. The summed E-state index contributed by atoms with van der Waals surface area (Å²) in [4.78, 5) is 31.1. The number of aryl methyl sites for hydroxylation is 1. The lowest BCUT2D eigenvalue weighted by Gasteiger charge is -2.34. The van der Waals surface area contributed by atoms with Gasteiger partial charge in [-0.2, -0.15) is 0 Å². The molecule has 0 bridgehead atoms. The fourth-order valence-corrected chi connectivity index (χ4v) is 2.77. The molecule has 2 aromatic rings. The average Bonchev–Trinajstić information content (AvgIpc) is 2.92. The summed E-state index contributed by atoms with van der Waals surface area (Å²) in [5.41, 5.74) is 1.46. The number of nitrogens with one attached hydrogen (secondary N) is 2. The number of aromatic nitrogens is 3. The van der Waals surface area contributed by atoms with Gasteiger partial charge in [-0.15, -0.1) is 0 Å². The zero-order chi connectivity index (χ0) is 15.0. The van der Waals surface area contributed by atoms with Gasteiger partial charge in [0.2, 0.25) is 5.91 Å². The Morgan fingerprint density at radius 3 is 3.10 bits per heavy atom. The van der Waals surface area contributed by atoms with E-state index in [1.54, 1.807) is 19.2 Å². The molecule has 0 radical (unpaired) electrons. The smallest absolute Gasteiger partial charge is 0.276 e. The predicted molar refractivity (Wildman–Crippen MR) is 78.3 cm³/mol. The predicted octanol–water partition coefficient (Wildman–Crippen LogP) is -0.306. The van der Waals surface area contributed by atoms with Gasteiger partial charge >= 0.3 is 0 Å². The lowest BCUT2D eigenvalue weighted by Crippen LogP contribution is -2.53. The van der Waals surface area contributed by atoms with E-state index in [2.05, 4.69) is 15.4 Å². The number of nitrogens with zero attached hydrogens (tertiary/aromatic N) is 3. The molecule has 1 aliphatic heterocycles. The molecule has 2 aromatic heterocycles. The molecule has 2 N–H and O–H groups in total. The van der Waals surface area contributed by atoms with E-state index in [0.29, 0.717) is 23.4 Å². The van der Waals surface area contributed by atoms with Crippen LogP contribution >= 0.6 is 0 Å². The van der Waals surface area contributed by atoms with Gasteiger partial charge in [0, 0.05) is 49.2 Å². The van der Waals surface area contributed by atoms with Crippen molar-refractivity contribution in [1.29, 1.82) is 0 Å². The Morgan fingerprint density at radius 2 is 2.33 bits per heavy atom. The maximum Gasteiger partial charge on any atom is 0.276 e. The number of carbonyl (C=O) groups excluding carboxylic acids is 1. The molecular weight excluding hydrogens is 270 g/mol. The average molecular weight is 289 g/mol. The van der Waals surface area contributed by atoms with Crippen molar-refractivity contribution in [3.63, 3.8) is 0 Å². The second kappa shape index (κ2) is 5.33. The summed E-state index contributed by atoms with van der Waals surface area (Å²) in [6.07, 6.45) is 1.76. The van der Waals surface area contributed by atoms with Crippen molar-refractivity contribution in [2.45, 2.75) is 26.3 Å². The number of piperazine rings is 1. The molecule has 112 valence electrons. The zero-order valence-electron chi connectivity index (χ0n) is 12.2. The Bertz CT molecular complexity index is 733. The van der Waals surface area contributed by atoms with Crippen LogP contribution in [0, 0.1) is 6.92 Å². The van der Waals surface area contributed by atoms with Crippen molar-refractivity contribution in [2.24, 2.45) is 0 Å². The summed E-state index contributed by atoms with van der Waals surface area (Å²) in [5, 5.41) is 6.07. The minimum absolute atomic E-state index is 0.0162. The summed E-state index contributed by atoms with van der Waals surface area (Å²) in [7, 11) is 0. The number of fused-ring (bicyclic) bond motifs is 1. The highest BCUT2D eigenvalue weighted by molar-refractivity contribution is 5.79. The molecular formula is C14H19N5O2. The second-order valence-corrected chi connectivity index (χ2v) is 5.45. The molecule has 0 spiro atoms. The highest BCUT2D eigenvalue weighted by atomic mass is 16.2. The van der Waals surface area contributed by atoms with Gasteiger partial charge in [0.05, 0.1) is 6.42 Å². The molecule has 0 aromatic carbocycles. The first-order valence-corrected chi connectivity index (χ1v) is 7.13. The van der Waals surface area contributed by atoms with Gasteiger partial charge in [0.15, 0.2) is 5.65 Å². The summed E-state index contributed by atoms with van der Waals surface area (Å²) in [6, 6.07) is 1.88. The molecule has 1 saturated heterocycles. The van der Waals surface area contributed by atoms with E-state index in [9.17, 15) is 9.59 Å². The van der Waals surface area contributed by atoms with Gasteiger partial charge in [-0.3, -0.25) is 14.7 Å². The van der Waals surface area contributed by atoms with Crippen LogP contribution in [-0.4, -0.2) is 51.1 Å². The molecule has 3 rings (SSSR count). The van der Waals surface area contributed by atoms with E-state index in [0.717, 1.165) is 13.1 Å². The molecule has 1 amide bonds. The van der Waals surface area contributed by atoms with Crippen molar-refractivity contribution < 1.29 is 4.79 Å². The molecule has 0 saturated carbocycles. The third-order valence-electron chi connectivity index (χ3n) is 4.00. The molecule has 1 fully saturated rings. The molecule has 1 aliphatic rings. The van der Waals surface area contributed by atoms with Crippen LogP contribution in [0.3, 0.4) is 0 Å². The van der Waals surface area contributed by atoms with Gasteiger partial charge in [-0.05, 0) is 13.8 Å². The Labute approximate surface area is 122 Å². The van der Waals surface area contributed by atoms with Crippen molar-refractivity contribution in [2.75, 3.05) is 19.6 Å². The molecule has 21 heavy (non-hydrogen) atoms. The largest absolute Gasteiger partial charge is 0.337 e. The van der Waals surface area contributed by atoms with Crippen LogP contribution < -0.4 is 10.9 Å². The van der Waals surface area contributed by atoms with Gasteiger partial charge in [-0.25, -0.2) is 9.50 Å². The summed E-state index contributed by atoms with van der Waals surface area (Å²) >= 11 is 0. The Hall–Kier alpha value is -2.15. The molecule has 1 atom stereocenters. The molecule has 0 unspecified atom stereocenters. The normalized spacial score (nSPS) is 19.1. The third kappa shape index (κ3) is 2.44. The quantitative estimate of drug-likeness (QED) is 0.795. The number of rotatable bonds is 2. The number of hydrogen-bond acceptors (Lipinski definition) is 4. The van der Waals surface area contributed by atoms with E-state index in [1.165, 1.54) is 4.52 Å². The molecule has 7 heteroatoms. The van der Waals surface area contributed by atoms with E-state index in [1.807, 2.05) is 11.8 Å². The van der Waals surface area contributed by atoms with Crippen molar-refractivity contribution in [3.8, 4) is 0 Å². The van der Waals surface area contributed by atoms with Crippen molar-refractivity contribution in [1.82, 2.24) is 24.8 Å². The lowest BCUT2D eigenvalue weighted by atomic mass is 10.1. The fourth-order valence-electron chi connectivity index (χ4n) is 2.77. The molecule has 3 heterocycles. The van der Waals surface area contributed by atoms with Crippen LogP contribution in [0.2, 0.25) is 0 Å². The van der Waals surface area contributed by atoms with Crippen LogP contribution in [-0.2, 0) is 11.2 Å². The van der Waals surface area contributed by atoms with Crippen LogP contribution in [0.5, 0.6) is 0 Å². The lowest BCUT2D eigenvalue weighted by molar-refractivity contribution is -0.133. The minimum atomic E-state index is -0.196. The summed E-state index contributed by atoms with van der Waals surface area (Å²) < 4.78 is 1.37. The summed E-state index contributed by atoms with van der Waals surface area (Å²) in [5.74, 6) is -0.0162. The Morgan fingerprint density at radius 1 is 1.52 bits per heavy atom. The van der Waals surface area contributed by atoms with Crippen LogP contribution in [0.25, 0.3) is 5.65 Å². The first kappa shape index (κ1) is 13.8. The number of hydrogen-bond donors (Lipinski definition) is 2. The van der Waals surface area contributed by atoms with E-state index in [-0.39, 0.29) is 23.9 Å². The first-order valence-electron chi connectivity index (χ1n) is 7.13. The standard InChI is InChI=1S/C14H19N5O2/c1-9-8-15-5-6-18(9)13(20)7-11-10(2)17-12-3-4-16-19(12)14(11)21/h3-4,9,15-16H,5-8H2,1-2H3/t9-/m1/s1. The maximum absolute atomic E-state index is 12.5. The second-order valence-electron chi connectivity index (χ2n) is 5.45. The molecule has 7 nitrogen and oxygen atoms in total. The first-order chi connectivity index (χ1) is 10.1. The van der Waals surface area contributed by atoms with Gasteiger partial charge in [0.25, 0.3) is 5.56 Å². The highest BCUT2D eigenvalue weighted by Gasteiger charge is 2.24. The van der Waals surface area contributed by atoms with E-state index >= 15 is 0 Å². The fraction of sp³-hybridized carbons (Fsp3) is 0.500. The monoisotopic (exact) mass is 289 g/mol. The van der Waals surface area contributed by atoms with Crippen LogP contribution in [0.4, 0.5) is 0 Å². The number of aromatic amines is 1. The van der Waals surface area contributed by atoms with Gasteiger partial charge < -0.3 is 10.2 Å². The zero-order valence-corrected chi connectivity index (χ0v) is 12.2. The van der Waals surface area contributed by atoms with E-state index in [4.69, 9.17) is 0 Å². The van der Waals surface area contributed by atoms with Gasteiger partial charge in [0.1, 0.15) is 0 Å². The highest BCUT2D eigenvalue weighted by Crippen LogP contribution is 2.09. The number of carbonyl (C=O) groups is 1. The SMILES string of the molecule is Cc1nc2cc[nH]n2c(=O)c1CC(=O)N1CCNC[C@H]1C. The number of H-pyrrole nitrogens is 1. The van der Waals surface area contributed by atoms with Crippen molar-refractivity contribution >= 4 is 11.6 Å². The van der Waals surface area contributed by atoms with Crippen LogP contribution in [0.15, 0.2) is 17.1 Å². The van der Waals surface area contributed by atoms with Crippen LogP contribution in [0.1, 0.15) is 18.2 Å². The minimum Gasteiger partial charge on any atom is -0.337 e. The van der Waals surface area contributed by atoms with Crippen molar-refractivity contribution in [3.05, 3.63) is 33.9 Å². The Balaban J connectivity index is 1.90. The maximum atomic E-state index is 12.5. The third-order valence-corrected chi connectivity index (χ3v) is 4.00. The molecule has 0 aliphatic carbocycles.